The normalized spacial score (nSPS) is 18.7. The van der Waals surface area contributed by atoms with Crippen LogP contribution in [0.15, 0.2) is 63.1 Å². The van der Waals surface area contributed by atoms with Gasteiger partial charge in [0.15, 0.2) is 6.10 Å². The minimum atomic E-state index is -3.44. The van der Waals surface area contributed by atoms with Crippen LogP contribution in [-0.4, -0.2) is 47.6 Å². The number of nitrogens with zero attached hydrogens (tertiary/aromatic N) is 4. The highest BCUT2D eigenvalue weighted by atomic mass is 32.2. The number of carbonyl (C=O) groups is 1. The molecule has 0 amide bonds. The second kappa shape index (κ2) is 7.04. The van der Waals surface area contributed by atoms with Crippen molar-refractivity contribution in [3.8, 4) is 11.5 Å². The van der Waals surface area contributed by atoms with Gasteiger partial charge in [0.05, 0.1) is 11.3 Å². The maximum Gasteiger partial charge on any atom is 0.340 e. The highest BCUT2D eigenvalue weighted by Gasteiger charge is 2.27. The number of benzene rings is 1. The third kappa shape index (κ3) is 3.72. The number of rotatable bonds is 4. The predicted molar refractivity (Wildman–Crippen MR) is 99.4 cm³/mol. The van der Waals surface area contributed by atoms with Crippen molar-refractivity contribution in [2.24, 2.45) is 4.40 Å². The molecule has 0 bridgehead atoms. The topological polar surface area (TPSA) is 115 Å². The van der Waals surface area contributed by atoms with Gasteiger partial charge >= 0.3 is 5.97 Å². The lowest BCUT2D eigenvalue weighted by atomic mass is 10.2. The predicted octanol–water partition coefficient (Wildman–Crippen LogP) is 1.84. The fourth-order valence-corrected chi connectivity index (χ4v) is 3.67. The summed E-state index contributed by atoms with van der Waals surface area (Å²) in [5.41, 5.74) is 1.04. The minimum Gasteiger partial charge on any atom is -0.449 e. The molecule has 0 unspecified atom stereocenters. The SMILES string of the molecule is C[C@@H](OC(=O)C1=CN2CCS(=O)(=O)N=C2C=C1)c1nnc(-c2ccccc2)o1. The van der Waals surface area contributed by atoms with Gasteiger partial charge in [0, 0.05) is 18.3 Å². The number of amidine groups is 1. The van der Waals surface area contributed by atoms with E-state index in [2.05, 4.69) is 14.6 Å². The Morgan fingerprint density at radius 2 is 2.00 bits per heavy atom. The zero-order valence-corrected chi connectivity index (χ0v) is 15.7. The third-order valence-corrected chi connectivity index (χ3v) is 5.32. The average Bonchev–Trinajstić information content (AvgIpc) is 3.18. The number of aromatic nitrogens is 2. The Balaban J connectivity index is 1.45. The molecule has 0 spiro atoms. The van der Waals surface area contributed by atoms with Crippen molar-refractivity contribution >= 4 is 21.8 Å². The number of hydrogen-bond acceptors (Lipinski definition) is 8. The van der Waals surface area contributed by atoms with Crippen molar-refractivity contribution in [2.45, 2.75) is 13.0 Å². The Morgan fingerprint density at radius 3 is 2.79 bits per heavy atom. The lowest BCUT2D eigenvalue weighted by Crippen LogP contribution is -2.37. The van der Waals surface area contributed by atoms with Crippen molar-refractivity contribution in [1.82, 2.24) is 15.1 Å². The molecular weight excluding hydrogens is 384 g/mol. The Kier molecular flexibility index (Phi) is 4.55. The van der Waals surface area contributed by atoms with Crippen LogP contribution in [0.3, 0.4) is 0 Å². The van der Waals surface area contributed by atoms with Gasteiger partial charge in [-0.15, -0.1) is 14.6 Å². The Bertz CT molecular complexity index is 1100. The van der Waals surface area contributed by atoms with Crippen LogP contribution < -0.4 is 0 Å². The summed E-state index contributed by atoms with van der Waals surface area (Å²) < 4.78 is 37.8. The van der Waals surface area contributed by atoms with E-state index >= 15 is 0 Å². The minimum absolute atomic E-state index is 0.107. The zero-order chi connectivity index (χ0) is 19.7. The van der Waals surface area contributed by atoms with Gasteiger partial charge in [-0.3, -0.25) is 0 Å². The molecule has 1 aromatic carbocycles. The molecule has 0 saturated heterocycles. The van der Waals surface area contributed by atoms with E-state index in [1.807, 2.05) is 30.3 Å². The first-order chi connectivity index (χ1) is 13.4. The molecule has 0 aliphatic carbocycles. The number of hydrogen-bond donors (Lipinski definition) is 0. The first-order valence-electron chi connectivity index (χ1n) is 8.50. The summed E-state index contributed by atoms with van der Waals surface area (Å²) in [6.07, 6.45) is 3.71. The van der Waals surface area contributed by atoms with Crippen LogP contribution in [0.1, 0.15) is 18.9 Å². The lowest BCUT2D eigenvalue weighted by Gasteiger charge is -2.26. The summed E-state index contributed by atoms with van der Waals surface area (Å²) in [4.78, 5) is 14.0. The Hall–Kier alpha value is -3.27. The maximum absolute atomic E-state index is 12.4. The molecule has 0 saturated carbocycles. The van der Waals surface area contributed by atoms with E-state index in [0.29, 0.717) is 5.89 Å². The summed E-state index contributed by atoms with van der Waals surface area (Å²) in [6, 6.07) is 9.26. The summed E-state index contributed by atoms with van der Waals surface area (Å²) in [7, 11) is -3.44. The molecule has 2 aliphatic heterocycles. The van der Waals surface area contributed by atoms with E-state index in [1.165, 1.54) is 18.4 Å². The Labute approximate surface area is 161 Å². The monoisotopic (exact) mass is 400 g/mol. The molecule has 0 fully saturated rings. The van der Waals surface area contributed by atoms with E-state index < -0.39 is 22.1 Å². The van der Waals surface area contributed by atoms with Gasteiger partial charge < -0.3 is 14.1 Å². The lowest BCUT2D eigenvalue weighted by molar-refractivity contribution is -0.144. The highest BCUT2D eigenvalue weighted by molar-refractivity contribution is 7.90. The second-order valence-corrected chi connectivity index (χ2v) is 7.96. The number of sulfonamides is 1. The molecule has 10 heteroatoms. The first kappa shape index (κ1) is 18.1. The van der Waals surface area contributed by atoms with Crippen molar-refractivity contribution in [3.63, 3.8) is 0 Å². The van der Waals surface area contributed by atoms with Gasteiger partial charge in [-0.1, -0.05) is 18.2 Å². The Morgan fingerprint density at radius 1 is 1.21 bits per heavy atom. The van der Waals surface area contributed by atoms with Gasteiger partial charge in [0.2, 0.25) is 5.89 Å². The highest BCUT2D eigenvalue weighted by Crippen LogP contribution is 2.24. The molecule has 2 aliphatic rings. The van der Waals surface area contributed by atoms with E-state index in [9.17, 15) is 13.2 Å². The van der Waals surface area contributed by atoms with Crippen LogP contribution in [0.25, 0.3) is 11.5 Å². The van der Waals surface area contributed by atoms with Crippen molar-refractivity contribution < 1.29 is 22.4 Å². The van der Waals surface area contributed by atoms with E-state index in [-0.39, 0.29) is 29.6 Å². The molecule has 3 heterocycles. The maximum atomic E-state index is 12.4. The van der Waals surface area contributed by atoms with Crippen LogP contribution in [0.2, 0.25) is 0 Å². The molecule has 0 radical (unpaired) electrons. The van der Waals surface area contributed by atoms with Crippen LogP contribution in [-0.2, 0) is 19.6 Å². The number of fused-ring (bicyclic) bond motifs is 1. The molecule has 2 aromatic rings. The quantitative estimate of drug-likeness (QED) is 0.714. The van der Waals surface area contributed by atoms with Crippen LogP contribution in [0.4, 0.5) is 0 Å². The summed E-state index contributed by atoms with van der Waals surface area (Å²) >= 11 is 0. The van der Waals surface area contributed by atoms with Crippen LogP contribution >= 0.6 is 0 Å². The molecule has 1 aromatic heterocycles. The van der Waals surface area contributed by atoms with Gasteiger partial charge in [-0.25, -0.2) is 13.2 Å². The molecule has 4 rings (SSSR count). The van der Waals surface area contributed by atoms with E-state index in [4.69, 9.17) is 9.15 Å². The summed E-state index contributed by atoms with van der Waals surface area (Å²) in [5, 5.41) is 7.92. The van der Waals surface area contributed by atoms with Gasteiger partial charge in [-0.05, 0) is 31.2 Å². The number of ether oxygens (including phenoxy) is 1. The largest absolute Gasteiger partial charge is 0.449 e. The van der Waals surface area contributed by atoms with Gasteiger partial charge in [0.1, 0.15) is 5.84 Å². The van der Waals surface area contributed by atoms with Gasteiger partial charge in [-0.2, -0.15) is 0 Å². The zero-order valence-electron chi connectivity index (χ0n) is 14.8. The van der Waals surface area contributed by atoms with Crippen molar-refractivity contribution in [1.29, 1.82) is 0 Å². The molecule has 1 atom stereocenters. The fourth-order valence-electron chi connectivity index (χ4n) is 2.70. The van der Waals surface area contributed by atoms with Crippen molar-refractivity contribution in [2.75, 3.05) is 12.3 Å². The molecule has 144 valence electrons. The van der Waals surface area contributed by atoms with Crippen LogP contribution in [0.5, 0.6) is 0 Å². The third-order valence-electron chi connectivity index (χ3n) is 4.15. The molecule has 0 N–H and O–H groups in total. The van der Waals surface area contributed by atoms with Gasteiger partial charge in [0.25, 0.3) is 15.9 Å². The average molecular weight is 400 g/mol. The fraction of sp³-hybridized carbons (Fsp3) is 0.222. The van der Waals surface area contributed by atoms with E-state index in [0.717, 1.165) is 5.56 Å². The van der Waals surface area contributed by atoms with E-state index in [1.54, 1.807) is 11.8 Å². The molecular formula is C18H16N4O5S. The molecule has 9 nitrogen and oxygen atoms in total. The molecule has 28 heavy (non-hydrogen) atoms. The number of esters is 1. The summed E-state index contributed by atoms with van der Waals surface area (Å²) in [5.74, 6) is 0.101. The smallest absolute Gasteiger partial charge is 0.340 e. The first-order valence-corrected chi connectivity index (χ1v) is 10.1. The second-order valence-electron chi connectivity index (χ2n) is 6.21. The van der Waals surface area contributed by atoms with Crippen molar-refractivity contribution in [3.05, 3.63) is 60.1 Å². The summed E-state index contributed by atoms with van der Waals surface area (Å²) in [6.45, 7) is 1.86. The standard InChI is InChI=1S/C18H16N4O5S/c1-12(16-19-20-17(27-16)13-5-3-2-4-6-13)26-18(23)14-7-8-15-21-28(24,25)10-9-22(15)11-14/h2-8,11-12H,9-10H2,1H3/t12-/m1/s1. The number of carbonyl (C=O) groups excluding carboxylic acids is 1. The van der Waals surface area contributed by atoms with Crippen LogP contribution in [0, 0.1) is 0 Å².